The van der Waals surface area contributed by atoms with Crippen LogP contribution in [0.2, 0.25) is 0 Å². The lowest BCUT2D eigenvalue weighted by molar-refractivity contribution is 0.0544. The second-order valence-corrected chi connectivity index (χ2v) is 7.26. The minimum absolute atomic E-state index is 0.0160. The van der Waals surface area contributed by atoms with Crippen molar-refractivity contribution in [3.8, 4) is 5.75 Å². The highest BCUT2D eigenvalue weighted by molar-refractivity contribution is 5.94. The maximum absolute atomic E-state index is 12.6. The predicted molar refractivity (Wildman–Crippen MR) is 90.1 cm³/mol. The molecule has 5 nitrogen and oxygen atoms in total. The molecule has 0 bridgehead atoms. The third kappa shape index (κ3) is 2.81. The van der Waals surface area contributed by atoms with Gasteiger partial charge in [0, 0.05) is 23.5 Å². The van der Waals surface area contributed by atoms with Crippen molar-refractivity contribution >= 4 is 17.0 Å². The topological polar surface area (TPSA) is 66.5 Å². The summed E-state index contributed by atoms with van der Waals surface area (Å²) in [5.74, 6) is 0.772. The molecule has 0 atom stereocenters. The number of benzene rings is 1. The van der Waals surface area contributed by atoms with Crippen LogP contribution in [0.5, 0.6) is 5.75 Å². The third-order valence-electron chi connectivity index (χ3n) is 4.42. The van der Waals surface area contributed by atoms with Crippen molar-refractivity contribution in [1.82, 2.24) is 4.57 Å². The largest absolute Gasteiger partial charge is 0.497 e. The summed E-state index contributed by atoms with van der Waals surface area (Å²) in [7, 11) is 1.64. The first-order valence-corrected chi connectivity index (χ1v) is 7.93. The molecule has 0 spiro atoms. The lowest BCUT2D eigenvalue weighted by atomic mass is 9.96. The summed E-state index contributed by atoms with van der Waals surface area (Å²) < 4.78 is 12.5. The van der Waals surface area contributed by atoms with Crippen LogP contribution in [-0.2, 0) is 10.2 Å². The maximum atomic E-state index is 12.6. The Morgan fingerprint density at radius 2 is 2.04 bits per heavy atom. The summed E-state index contributed by atoms with van der Waals surface area (Å²) in [5.41, 5.74) is 7.38. The molecule has 23 heavy (non-hydrogen) atoms. The van der Waals surface area contributed by atoms with Gasteiger partial charge in [-0.15, -0.1) is 0 Å². The summed E-state index contributed by atoms with van der Waals surface area (Å²) >= 11 is 0. The molecule has 1 aromatic heterocycles. The molecule has 1 fully saturated rings. The zero-order valence-corrected chi connectivity index (χ0v) is 14.2. The van der Waals surface area contributed by atoms with Crippen LogP contribution in [0.1, 0.15) is 39.2 Å². The van der Waals surface area contributed by atoms with E-state index in [0.717, 1.165) is 35.1 Å². The van der Waals surface area contributed by atoms with Crippen LogP contribution in [0, 0.1) is 0 Å². The number of ether oxygens (including phenoxy) is 2. The van der Waals surface area contributed by atoms with Gasteiger partial charge in [0.05, 0.1) is 12.6 Å². The molecule has 3 rings (SSSR count). The van der Waals surface area contributed by atoms with E-state index in [4.69, 9.17) is 15.2 Å². The van der Waals surface area contributed by atoms with Gasteiger partial charge in [-0.1, -0.05) is 0 Å². The van der Waals surface area contributed by atoms with Crippen molar-refractivity contribution in [2.45, 2.75) is 44.6 Å². The van der Waals surface area contributed by atoms with Gasteiger partial charge in [-0.3, -0.25) is 4.57 Å². The zero-order chi connectivity index (χ0) is 16.8. The van der Waals surface area contributed by atoms with Crippen molar-refractivity contribution in [2.24, 2.45) is 5.73 Å². The van der Waals surface area contributed by atoms with E-state index < -0.39 is 5.60 Å². The molecule has 0 saturated heterocycles. The SMILES string of the molecule is COc1ccc2c(c1)c(C1(CN)CC1)cn2C(=O)OC(C)(C)C. The average molecular weight is 316 g/mol. The molecule has 1 aromatic carbocycles. The van der Waals surface area contributed by atoms with Gasteiger partial charge in [0.15, 0.2) is 0 Å². The van der Waals surface area contributed by atoms with E-state index in [1.54, 1.807) is 11.7 Å². The predicted octanol–water partition coefficient (Wildman–Crippen LogP) is 3.42. The minimum Gasteiger partial charge on any atom is -0.497 e. The number of fused-ring (bicyclic) bond motifs is 1. The summed E-state index contributed by atoms with van der Waals surface area (Å²) in [4.78, 5) is 12.6. The number of carbonyl (C=O) groups is 1. The monoisotopic (exact) mass is 316 g/mol. The lowest BCUT2D eigenvalue weighted by Crippen LogP contribution is -2.27. The highest BCUT2D eigenvalue weighted by Gasteiger charge is 2.45. The maximum Gasteiger partial charge on any atom is 0.419 e. The Kier molecular flexibility index (Phi) is 3.64. The van der Waals surface area contributed by atoms with Crippen LogP contribution < -0.4 is 10.5 Å². The number of methoxy groups -OCH3 is 1. The molecule has 1 aliphatic carbocycles. The van der Waals surface area contributed by atoms with Crippen LogP contribution in [-0.4, -0.2) is 29.9 Å². The summed E-state index contributed by atoms with van der Waals surface area (Å²) in [6.07, 6.45) is 3.62. The van der Waals surface area contributed by atoms with Crippen LogP contribution >= 0.6 is 0 Å². The van der Waals surface area contributed by atoms with Crippen LogP contribution in [0.3, 0.4) is 0 Å². The number of aromatic nitrogens is 1. The molecule has 1 aliphatic rings. The van der Waals surface area contributed by atoms with Gasteiger partial charge in [-0.25, -0.2) is 4.79 Å². The molecule has 0 unspecified atom stereocenters. The fourth-order valence-corrected chi connectivity index (χ4v) is 2.96. The van der Waals surface area contributed by atoms with E-state index in [1.165, 1.54) is 0 Å². The van der Waals surface area contributed by atoms with E-state index in [9.17, 15) is 4.79 Å². The van der Waals surface area contributed by atoms with E-state index in [-0.39, 0.29) is 11.5 Å². The molecular formula is C18H24N2O3. The highest BCUT2D eigenvalue weighted by atomic mass is 16.6. The standard InChI is InChI=1S/C18H24N2O3/c1-17(2,3)23-16(21)20-10-14(18(11-19)7-8-18)13-9-12(22-4)5-6-15(13)20/h5-6,9-10H,7-8,11,19H2,1-4H3. The van der Waals surface area contributed by atoms with Crippen molar-refractivity contribution in [1.29, 1.82) is 0 Å². The van der Waals surface area contributed by atoms with Gasteiger partial charge in [0.2, 0.25) is 0 Å². The second-order valence-electron chi connectivity index (χ2n) is 7.26. The Balaban J connectivity index is 2.14. The van der Waals surface area contributed by atoms with Crippen molar-refractivity contribution < 1.29 is 14.3 Å². The molecule has 5 heteroatoms. The van der Waals surface area contributed by atoms with E-state index in [2.05, 4.69) is 0 Å². The fraction of sp³-hybridized carbons (Fsp3) is 0.500. The van der Waals surface area contributed by atoms with Crippen LogP contribution in [0.4, 0.5) is 4.79 Å². The van der Waals surface area contributed by atoms with Gasteiger partial charge >= 0.3 is 6.09 Å². The molecule has 1 heterocycles. The first kappa shape index (κ1) is 15.9. The molecule has 2 aromatic rings. The Hall–Kier alpha value is -2.01. The van der Waals surface area contributed by atoms with E-state index >= 15 is 0 Å². The molecule has 0 amide bonds. The van der Waals surface area contributed by atoms with Gasteiger partial charge < -0.3 is 15.2 Å². The van der Waals surface area contributed by atoms with Gasteiger partial charge in [-0.2, -0.15) is 0 Å². The smallest absolute Gasteiger partial charge is 0.419 e. The van der Waals surface area contributed by atoms with E-state index in [0.29, 0.717) is 6.54 Å². The normalized spacial score (nSPS) is 16.4. The van der Waals surface area contributed by atoms with Gasteiger partial charge in [-0.05, 0) is 57.4 Å². The quantitative estimate of drug-likeness (QED) is 0.942. The van der Waals surface area contributed by atoms with Crippen LogP contribution in [0.15, 0.2) is 24.4 Å². The molecule has 2 N–H and O–H groups in total. The summed E-state index contributed by atoms with van der Waals surface area (Å²) in [6, 6.07) is 5.73. The van der Waals surface area contributed by atoms with Crippen molar-refractivity contribution in [3.05, 3.63) is 30.0 Å². The average Bonchev–Trinajstić information content (AvgIpc) is 3.19. The van der Waals surface area contributed by atoms with Gasteiger partial charge in [0.25, 0.3) is 0 Å². The molecule has 124 valence electrons. The number of hydrogen-bond donors (Lipinski definition) is 1. The number of carbonyl (C=O) groups excluding carboxylic acids is 1. The van der Waals surface area contributed by atoms with E-state index in [1.807, 2.05) is 45.2 Å². The number of nitrogens with two attached hydrogens (primary N) is 1. The third-order valence-corrected chi connectivity index (χ3v) is 4.42. The van der Waals surface area contributed by atoms with Crippen molar-refractivity contribution in [2.75, 3.05) is 13.7 Å². The van der Waals surface area contributed by atoms with Crippen molar-refractivity contribution in [3.63, 3.8) is 0 Å². The first-order valence-electron chi connectivity index (χ1n) is 7.93. The number of rotatable bonds is 3. The Morgan fingerprint density at radius 1 is 1.35 bits per heavy atom. The fourth-order valence-electron chi connectivity index (χ4n) is 2.96. The highest BCUT2D eigenvalue weighted by Crippen LogP contribution is 2.50. The summed E-state index contributed by atoms with van der Waals surface area (Å²) in [6.45, 7) is 6.17. The van der Waals surface area contributed by atoms with Crippen LogP contribution in [0.25, 0.3) is 10.9 Å². The Bertz CT molecular complexity index is 751. The molecule has 1 saturated carbocycles. The number of hydrogen-bond acceptors (Lipinski definition) is 4. The summed E-state index contributed by atoms with van der Waals surface area (Å²) in [5, 5.41) is 1.01. The Labute approximate surface area is 136 Å². The molecule has 0 aliphatic heterocycles. The lowest BCUT2D eigenvalue weighted by Gasteiger charge is -2.19. The zero-order valence-electron chi connectivity index (χ0n) is 14.2. The first-order chi connectivity index (χ1) is 10.8. The molecule has 0 radical (unpaired) electrons. The number of nitrogens with zero attached hydrogens (tertiary/aromatic N) is 1. The molecular weight excluding hydrogens is 292 g/mol. The Morgan fingerprint density at radius 3 is 2.57 bits per heavy atom. The second kappa shape index (κ2) is 5.27. The van der Waals surface area contributed by atoms with Gasteiger partial charge in [0.1, 0.15) is 11.4 Å². The minimum atomic E-state index is -0.536.